The number of carbonyl (C=O) groups excluding carboxylic acids is 2. The Morgan fingerprint density at radius 2 is 1.62 bits per heavy atom. The van der Waals surface area contributed by atoms with Crippen molar-refractivity contribution in [1.29, 1.82) is 0 Å². The zero-order valence-electron chi connectivity index (χ0n) is 21.4. The van der Waals surface area contributed by atoms with E-state index in [-0.39, 0.29) is 30.2 Å². The number of rotatable bonds is 10. The van der Waals surface area contributed by atoms with Crippen LogP contribution in [0.3, 0.4) is 0 Å². The molecule has 1 saturated carbocycles. The molecule has 0 heterocycles. The average molecular weight is 535 g/mol. The lowest BCUT2D eigenvalue weighted by Gasteiger charge is -2.33. The first-order valence-electron chi connectivity index (χ1n) is 13.1. The van der Waals surface area contributed by atoms with Crippen LogP contribution in [-0.4, -0.2) is 34.6 Å². The van der Waals surface area contributed by atoms with Crippen molar-refractivity contribution >= 4 is 35.2 Å². The zero-order valence-corrected chi connectivity index (χ0v) is 22.9. The average Bonchev–Trinajstić information content (AvgIpc) is 2.92. The number of hydrogen-bond donors (Lipinski definition) is 1. The maximum atomic E-state index is 13.8. The van der Waals surface area contributed by atoms with Gasteiger partial charge in [-0.2, -0.15) is 0 Å². The number of benzene rings is 3. The van der Waals surface area contributed by atoms with Gasteiger partial charge in [-0.1, -0.05) is 97.1 Å². The molecule has 2 amide bonds. The summed E-state index contributed by atoms with van der Waals surface area (Å²) >= 11 is 8.01. The van der Waals surface area contributed by atoms with Crippen LogP contribution < -0.4 is 5.32 Å². The molecule has 1 unspecified atom stereocenters. The molecule has 1 aliphatic rings. The summed E-state index contributed by atoms with van der Waals surface area (Å²) in [6.07, 6.45) is 5.91. The quantitative estimate of drug-likeness (QED) is 0.290. The van der Waals surface area contributed by atoms with Crippen LogP contribution in [0.2, 0.25) is 5.02 Å². The Balaban J connectivity index is 1.61. The smallest absolute Gasteiger partial charge is 0.243 e. The third kappa shape index (κ3) is 8.11. The Morgan fingerprint density at radius 1 is 0.946 bits per heavy atom. The molecule has 0 radical (unpaired) electrons. The van der Waals surface area contributed by atoms with Crippen LogP contribution in [0.4, 0.5) is 0 Å². The molecule has 4 rings (SSSR count). The van der Waals surface area contributed by atoms with Crippen molar-refractivity contribution in [3.63, 3.8) is 0 Å². The summed E-state index contributed by atoms with van der Waals surface area (Å²) in [7, 11) is 0. The molecule has 0 saturated heterocycles. The third-order valence-corrected chi connectivity index (χ3v) is 8.27. The van der Waals surface area contributed by atoms with E-state index in [2.05, 4.69) is 5.32 Å². The number of halogens is 1. The first-order valence-corrected chi connectivity index (χ1v) is 14.4. The van der Waals surface area contributed by atoms with Crippen molar-refractivity contribution in [2.24, 2.45) is 0 Å². The van der Waals surface area contributed by atoms with E-state index in [9.17, 15) is 9.59 Å². The van der Waals surface area contributed by atoms with Crippen LogP contribution in [0.1, 0.15) is 48.8 Å². The highest BCUT2D eigenvalue weighted by Gasteiger charge is 2.32. The second-order valence-corrected chi connectivity index (χ2v) is 11.2. The normalized spacial score (nSPS) is 14.6. The second-order valence-electron chi connectivity index (χ2n) is 9.76. The van der Waals surface area contributed by atoms with E-state index in [0.29, 0.717) is 11.4 Å². The topological polar surface area (TPSA) is 49.4 Å². The van der Waals surface area contributed by atoms with Gasteiger partial charge in [0.1, 0.15) is 6.04 Å². The maximum absolute atomic E-state index is 13.8. The fourth-order valence-corrected chi connectivity index (χ4v) is 5.75. The fourth-order valence-electron chi connectivity index (χ4n) is 4.77. The lowest BCUT2D eigenvalue weighted by Crippen LogP contribution is -2.53. The molecule has 3 aromatic rings. The summed E-state index contributed by atoms with van der Waals surface area (Å²) in [5, 5.41) is 3.88. The van der Waals surface area contributed by atoms with Crippen LogP contribution in [0.5, 0.6) is 0 Å². The number of nitrogens with one attached hydrogen (secondary N) is 1. The van der Waals surface area contributed by atoms with Crippen molar-refractivity contribution < 1.29 is 9.59 Å². The van der Waals surface area contributed by atoms with Gasteiger partial charge in [-0.3, -0.25) is 9.59 Å². The SMILES string of the molecule is Cc1ccc(SCC(=O)N(Cc2ccccc2Cl)C(Cc2ccccc2)C(=O)NC2CCCCC2)cc1. The molecular weight excluding hydrogens is 500 g/mol. The Morgan fingerprint density at radius 3 is 2.32 bits per heavy atom. The molecule has 0 bridgehead atoms. The van der Waals surface area contributed by atoms with Gasteiger partial charge in [-0.05, 0) is 49.1 Å². The molecule has 6 heteroatoms. The van der Waals surface area contributed by atoms with Crippen LogP contribution in [0, 0.1) is 6.92 Å². The van der Waals surface area contributed by atoms with Gasteiger partial charge < -0.3 is 10.2 Å². The fraction of sp³-hybridized carbons (Fsp3) is 0.355. The Labute approximate surface area is 229 Å². The first kappa shape index (κ1) is 27.3. The second kappa shape index (κ2) is 13.7. The minimum atomic E-state index is -0.633. The van der Waals surface area contributed by atoms with Crippen molar-refractivity contribution in [3.8, 4) is 0 Å². The number of aryl methyl sites for hydroxylation is 1. The molecule has 0 spiro atoms. The molecule has 0 aromatic heterocycles. The summed E-state index contributed by atoms with van der Waals surface area (Å²) in [4.78, 5) is 30.4. The number of thioether (sulfide) groups is 1. The van der Waals surface area contributed by atoms with Crippen LogP contribution in [-0.2, 0) is 22.6 Å². The highest BCUT2D eigenvalue weighted by atomic mass is 35.5. The molecule has 4 nitrogen and oxygen atoms in total. The Bertz CT molecular complexity index is 1160. The maximum Gasteiger partial charge on any atom is 0.243 e. The standard InChI is InChI=1S/C31H35ClN2O2S/c1-23-16-18-27(19-17-23)37-22-30(35)34(21-25-12-8-9-15-28(25)32)29(20-24-10-4-2-5-11-24)31(36)33-26-13-6-3-7-14-26/h2,4-5,8-12,15-19,26,29H,3,6-7,13-14,20-22H2,1H3,(H,33,36). The van der Waals surface area contributed by atoms with E-state index in [0.717, 1.165) is 41.7 Å². The molecule has 37 heavy (non-hydrogen) atoms. The molecule has 1 atom stereocenters. The summed E-state index contributed by atoms with van der Waals surface area (Å²) in [6.45, 7) is 2.33. The number of carbonyl (C=O) groups is 2. The van der Waals surface area contributed by atoms with E-state index in [1.807, 2.05) is 85.8 Å². The lowest BCUT2D eigenvalue weighted by molar-refractivity contribution is -0.139. The summed E-state index contributed by atoms with van der Waals surface area (Å²) in [5.74, 6) is 0.0805. The summed E-state index contributed by atoms with van der Waals surface area (Å²) < 4.78 is 0. The van der Waals surface area contributed by atoms with Gasteiger partial charge in [-0.25, -0.2) is 0 Å². The highest BCUT2D eigenvalue weighted by Crippen LogP contribution is 2.24. The zero-order chi connectivity index (χ0) is 26.0. The van der Waals surface area contributed by atoms with Crippen molar-refractivity contribution in [1.82, 2.24) is 10.2 Å². The van der Waals surface area contributed by atoms with Crippen LogP contribution in [0.25, 0.3) is 0 Å². The molecule has 1 aliphatic carbocycles. The van der Waals surface area contributed by atoms with Crippen molar-refractivity contribution in [2.45, 2.75) is 69.0 Å². The predicted molar refractivity (Wildman–Crippen MR) is 153 cm³/mol. The van der Waals surface area contributed by atoms with Crippen molar-refractivity contribution in [2.75, 3.05) is 5.75 Å². The van der Waals surface area contributed by atoms with Gasteiger partial charge in [0.15, 0.2) is 0 Å². The van der Waals surface area contributed by atoms with Crippen molar-refractivity contribution in [3.05, 3.63) is 101 Å². The third-order valence-electron chi connectivity index (χ3n) is 6.90. The van der Waals surface area contributed by atoms with Gasteiger partial charge in [0.25, 0.3) is 0 Å². The Hall–Kier alpha value is -2.76. The van der Waals surface area contributed by atoms with Crippen LogP contribution >= 0.6 is 23.4 Å². The van der Waals surface area contributed by atoms with Crippen LogP contribution in [0.15, 0.2) is 83.8 Å². The molecule has 1 fully saturated rings. The van der Waals surface area contributed by atoms with Gasteiger partial charge in [-0.15, -0.1) is 11.8 Å². The van der Waals surface area contributed by atoms with E-state index in [1.54, 1.807) is 4.90 Å². The first-order chi connectivity index (χ1) is 18.0. The molecular formula is C31H35ClN2O2S. The largest absolute Gasteiger partial charge is 0.352 e. The van der Waals surface area contributed by atoms with E-state index in [1.165, 1.54) is 23.7 Å². The molecule has 1 N–H and O–H groups in total. The highest BCUT2D eigenvalue weighted by molar-refractivity contribution is 8.00. The van der Waals surface area contributed by atoms with Gasteiger partial charge in [0, 0.05) is 28.9 Å². The number of hydrogen-bond acceptors (Lipinski definition) is 3. The lowest BCUT2D eigenvalue weighted by atomic mass is 9.94. The van der Waals surface area contributed by atoms with E-state index < -0.39 is 6.04 Å². The van der Waals surface area contributed by atoms with Gasteiger partial charge in [0.2, 0.25) is 11.8 Å². The molecule has 0 aliphatic heterocycles. The molecule has 3 aromatic carbocycles. The van der Waals surface area contributed by atoms with Gasteiger partial charge in [0.05, 0.1) is 5.75 Å². The summed E-state index contributed by atoms with van der Waals surface area (Å²) in [6, 6.07) is 25.2. The number of amides is 2. The van der Waals surface area contributed by atoms with E-state index >= 15 is 0 Å². The predicted octanol–water partition coefficient (Wildman–Crippen LogP) is 6.83. The minimum absolute atomic E-state index is 0.0785. The number of nitrogens with zero attached hydrogens (tertiary/aromatic N) is 1. The monoisotopic (exact) mass is 534 g/mol. The summed E-state index contributed by atoms with van der Waals surface area (Å²) in [5.41, 5.74) is 3.04. The van der Waals surface area contributed by atoms with E-state index in [4.69, 9.17) is 11.6 Å². The minimum Gasteiger partial charge on any atom is -0.352 e. The Kier molecular flexibility index (Phi) is 10.1. The van der Waals surface area contributed by atoms with Gasteiger partial charge >= 0.3 is 0 Å². The molecule has 194 valence electrons.